The fourth-order valence-electron chi connectivity index (χ4n) is 5.99. The van der Waals surface area contributed by atoms with Gasteiger partial charge in [-0.1, -0.05) is 42.5 Å². The van der Waals surface area contributed by atoms with Crippen LogP contribution >= 0.6 is 0 Å². The molecule has 8 heteroatoms. The molecule has 3 aromatic carbocycles. The number of carboxylic acid groups (broad SMARTS) is 1. The number of carbonyl (C=O) groups is 2. The van der Waals surface area contributed by atoms with Crippen molar-refractivity contribution >= 4 is 17.6 Å². The summed E-state index contributed by atoms with van der Waals surface area (Å²) in [7, 11) is 1.63. The number of ether oxygens (including phenoxy) is 1. The first-order valence-corrected chi connectivity index (χ1v) is 13.9. The van der Waals surface area contributed by atoms with Gasteiger partial charge in [0.05, 0.1) is 25.4 Å². The van der Waals surface area contributed by atoms with Crippen LogP contribution in [-0.2, 0) is 11.3 Å². The highest BCUT2D eigenvalue weighted by Gasteiger charge is 2.53. The molecule has 0 bridgehead atoms. The highest BCUT2D eigenvalue weighted by atomic mass is 16.5. The second-order valence-electron chi connectivity index (χ2n) is 10.7. The molecule has 8 nitrogen and oxygen atoms in total. The Morgan fingerprint density at radius 3 is 2.40 bits per heavy atom. The van der Waals surface area contributed by atoms with E-state index >= 15 is 0 Å². The fourth-order valence-corrected chi connectivity index (χ4v) is 5.99. The van der Waals surface area contributed by atoms with E-state index in [1.54, 1.807) is 25.3 Å². The Hall–Kier alpha value is -3.88. The fraction of sp³-hybridized carbons (Fsp3) is 0.375. The zero-order valence-electron chi connectivity index (χ0n) is 22.9. The van der Waals surface area contributed by atoms with Crippen molar-refractivity contribution in [2.75, 3.05) is 38.3 Å². The van der Waals surface area contributed by atoms with Crippen LogP contribution < -0.4 is 9.64 Å². The molecular weight excluding hydrogens is 506 g/mol. The lowest BCUT2D eigenvalue weighted by Crippen LogP contribution is -2.56. The van der Waals surface area contributed by atoms with Gasteiger partial charge < -0.3 is 29.6 Å². The van der Waals surface area contributed by atoms with Crippen LogP contribution in [0.25, 0.3) is 0 Å². The zero-order valence-corrected chi connectivity index (χ0v) is 22.9. The quantitative estimate of drug-likeness (QED) is 0.388. The van der Waals surface area contributed by atoms with E-state index < -0.39 is 17.6 Å². The molecule has 40 heavy (non-hydrogen) atoms. The SMILES string of the molecule is COc1ccc(C(O)CCCN2CCC3(CC2)C(=O)N(Cc2cccc(C(=O)O)c2)CN3c2ccccc2)cc1. The molecule has 1 unspecified atom stereocenters. The maximum Gasteiger partial charge on any atom is 0.335 e. The molecule has 0 saturated carbocycles. The number of methoxy groups -OCH3 is 1. The number of benzene rings is 3. The smallest absolute Gasteiger partial charge is 0.335 e. The minimum Gasteiger partial charge on any atom is -0.497 e. The summed E-state index contributed by atoms with van der Waals surface area (Å²) in [6, 6.07) is 24.4. The van der Waals surface area contributed by atoms with E-state index in [1.165, 1.54) is 0 Å². The summed E-state index contributed by atoms with van der Waals surface area (Å²) in [5.41, 5.74) is 2.33. The number of anilines is 1. The Balaban J connectivity index is 1.23. The van der Waals surface area contributed by atoms with Crippen molar-refractivity contribution < 1.29 is 24.5 Å². The normalized spacial score (nSPS) is 17.8. The van der Waals surface area contributed by atoms with E-state index in [0.29, 0.717) is 32.5 Å². The Labute approximate surface area is 235 Å². The van der Waals surface area contributed by atoms with Gasteiger partial charge in [-0.15, -0.1) is 0 Å². The molecule has 2 aliphatic heterocycles. The summed E-state index contributed by atoms with van der Waals surface area (Å²) in [5, 5.41) is 20.0. The number of piperidine rings is 1. The van der Waals surface area contributed by atoms with Crippen molar-refractivity contribution in [3.63, 3.8) is 0 Å². The number of carbonyl (C=O) groups excluding carboxylic acids is 1. The van der Waals surface area contributed by atoms with E-state index in [0.717, 1.165) is 48.6 Å². The van der Waals surface area contributed by atoms with Crippen LogP contribution in [0.5, 0.6) is 5.75 Å². The van der Waals surface area contributed by atoms with Crippen LogP contribution in [0.1, 0.15) is 53.3 Å². The van der Waals surface area contributed by atoms with Crippen LogP contribution in [0.2, 0.25) is 0 Å². The molecule has 3 aromatic rings. The standard InChI is InChI=1S/C32H37N3O5/c1-40-28-14-12-25(13-15-28)29(36)11-6-18-33-19-16-32(17-20-33)31(39)34(23-35(32)27-9-3-2-4-10-27)22-24-7-5-8-26(21-24)30(37)38/h2-5,7-10,12-15,21,29,36H,6,11,16-20,22-23H2,1H3,(H,37,38). The van der Waals surface area contributed by atoms with Gasteiger partial charge in [0.15, 0.2) is 0 Å². The predicted octanol–water partition coefficient (Wildman–Crippen LogP) is 4.55. The molecule has 2 saturated heterocycles. The maximum absolute atomic E-state index is 14.0. The van der Waals surface area contributed by atoms with Crippen LogP contribution in [0, 0.1) is 0 Å². The van der Waals surface area contributed by atoms with Crippen molar-refractivity contribution in [1.82, 2.24) is 9.80 Å². The van der Waals surface area contributed by atoms with E-state index in [4.69, 9.17) is 4.74 Å². The molecule has 210 valence electrons. The number of likely N-dealkylation sites (tertiary alicyclic amines) is 1. The molecular formula is C32H37N3O5. The molecule has 2 aliphatic rings. The third-order valence-electron chi connectivity index (χ3n) is 8.27. The Kier molecular flexibility index (Phi) is 8.38. The number of aliphatic hydroxyl groups excluding tert-OH is 1. The predicted molar refractivity (Wildman–Crippen MR) is 153 cm³/mol. The van der Waals surface area contributed by atoms with Gasteiger partial charge in [0.25, 0.3) is 0 Å². The summed E-state index contributed by atoms with van der Waals surface area (Å²) < 4.78 is 5.20. The second-order valence-corrected chi connectivity index (χ2v) is 10.7. The van der Waals surface area contributed by atoms with Crippen molar-refractivity contribution in [3.8, 4) is 5.75 Å². The molecule has 2 N–H and O–H groups in total. The summed E-state index contributed by atoms with van der Waals surface area (Å²) in [6.07, 6.45) is 2.45. The lowest BCUT2D eigenvalue weighted by molar-refractivity contribution is -0.134. The van der Waals surface area contributed by atoms with Gasteiger partial charge in [0.2, 0.25) is 5.91 Å². The lowest BCUT2D eigenvalue weighted by atomic mass is 9.85. The summed E-state index contributed by atoms with van der Waals surface area (Å²) in [6.45, 7) is 3.31. The number of para-hydroxylation sites is 1. The maximum atomic E-state index is 14.0. The molecule has 1 amide bonds. The van der Waals surface area contributed by atoms with E-state index in [2.05, 4.69) is 21.9 Å². The molecule has 0 aromatic heterocycles. The Morgan fingerprint density at radius 2 is 1.73 bits per heavy atom. The molecule has 1 atom stereocenters. The average Bonchev–Trinajstić information content (AvgIpc) is 3.25. The summed E-state index contributed by atoms with van der Waals surface area (Å²) in [4.78, 5) is 32.0. The number of hydrogen-bond donors (Lipinski definition) is 2. The van der Waals surface area contributed by atoms with Crippen LogP contribution in [-0.4, -0.2) is 70.8 Å². The van der Waals surface area contributed by atoms with Gasteiger partial charge in [-0.2, -0.15) is 0 Å². The molecule has 1 spiro atoms. The second kappa shape index (κ2) is 12.1. The molecule has 0 aliphatic carbocycles. The van der Waals surface area contributed by atoms with Gasteiger partial charge in [-0.3, -0.25) is 4.79 Å². The van der Waals surface area contributed by atoms with Crippen molar-refractivity contribution in [2.45, 2.75) is 43.9 Å². The third-order valence-corrected chi connectivity index (χ3v) is 8.27. The number of carboxylic acids is 1. The molecule has 2 fully saturated rings. The highest BCUT2D eigenvalue weighted by molar-refractivity contribution is 5.93. The lowest BCUT2D eigenvalue weighted by Gasteiger charge is -2.43. The Morgan fingerprint density at radius 1 is 1.00 bits per heavy atom. The van der Waals surface area contributed by atoms with Crippen LogP contribution in [0.3, 0.4) is 0 Å². The van der Waals surface area contributed by atoms with Crippen LogP contribution in [0.15, 0.2) is 78.9 Å². The average molecular weight is 544 g/mol. The number of aromatic carboxylic acids is 1. The first-order chi connectivity index (χ1) is 19.4. The zero-order chi connectivity index (χ0) is 28.1. The first kappa shape index (κ1) is 27.7. The summed E-state index contributed by atoms with van der Waals surface area (Å²) >= 11 is 0. The Bertz CT molecular complexity index is 1310. The van der Waals surface area contributed by atoms with Gasteiger partial charge >= 0.3 is 5.97 Å². The molecule has 5 rings (SSSR count). The third kappa shape index (κ3) is 5.83. The number of amides is 1. The van der Waals surface area contributed by atoms with E-state index in [1.807, 2.05) is 53.4 Å². The van der Waals surface area contributed by atoms with E-state index in [-0.39, 0.29) is 11.5 Å². The minimum absolute atomic E-state index is 0.103. The molecule has 0 radical (unpaired) electrons. The number of aliphatic hydroxyl groups is 1. The number of nitrogens with zero attached hydrogens (tertiary/aromatic N) is 3. The van der Waals surface area contributed by atoms with Gasteiger partial charge in [-0.25, -0.2) is 4.79 Å². The van der Waals surface area contributed by atoms with Crippen molar-refractivity contribution in [2.24, 2.45) is 0 Å². The topological polar surface area (TPSA) is 93.6 Å². The van der Waals surface area contributed by atoms with Crippen molar-refractivity contribution in [1.29, 1.82) is 0 Å². The number of rotatable bonds is 10. The summed E-state index contributed by atoms with van der Waals surface area (Å²) in [5.74, 6) is -0.0934. The largest absolute Gasteiger partial charge is 0.497 e. The van der Waals surface area contributed by atoms with Gasteiger partial charge in [0, 0.05) is 25.3 Å². The van der Waals surface area contributed by atoms with Gasteiger partial charge in [-0.05, 0) is 79.8 Å². The molecule has 2 heterocycles. The first-order valence-electron chi connectivity index (χ1n) is 13.9. The van der Waals surface area contributed by atoms with Crippen LogP contribution in [0.4, 0.5) is 5.69 Å². The monoisotopic (exact) mass is 543 g/mol. The minimum atomic E-state index is -0.971. The van der Waals surface area contributed by atoms with Crippen molar-refractivity contribution in [3.05, 3.63) is 95.6 Å². The van der Waals surface area contributed by atoms with E-state index in [9.17, 15) is 19.8 Å². The number of hydrogen-bond acceptors (Lipinski definition) is 6. The van der Waals surface area contributed by atoms with Gasteiger partial charge in [0.1, 0.15) is 11.3 Å². The highest BCUT2D eigenvalue weighted by Crippen LogP contribution is 2.40.